The number of nitrogens with one attached hydrogen (secondary N) is 2. The predicted molar refractivity (Wildman–Crippen MR) is 322 cm³/mol. The normalized spacial score (nSPS) is 20.0. The summed E-state index contributed by atoms with van der Waals surface area (Å²) in [5.41, 5.74) is 0.741. The number of ether oxygens (including phenoxy) is 6. The lowest BCUT2D eigenvalue weighted by molar-refractivity contribution is -0.153. The molecule has 0 aliphatic carbocycles. The van der Waals surface area contributed by atoms with Crippen LogP contribution in [0.25, 0.3) is 11.2 Å². The number of aryl methyl sites for hydroxylation is 1. The average Bonchev–Trinajstić information content (AvgIpc) is 2.52. The highest BCUT2D eigenvalue weighted by atomic mass is 31.2. The zero-order chi connectivity index (χ0) is 62.0. The molecule has 3 aromatic heterocycles. The van der Waals surface area contributed by atoms with Gasteiger partial charge in [-0.3, -0.25) is 28.5 Å². The van der Waals surface area contributed by atoms with E-state index in [4.69, 9.17) is 56.4 Å². The molecule has 2 aliphatic rings. The maximum atomic E-state index is 13.6. The highest BCUT2D eigenvalue weighted by molar-refractivity contribution is 7.41. The first-order chi connectivity index (χ1) is 41.7. The van der Waals surface area contributed by atoms with Crippen LogP contribution in [0.3, 0.4) is 0 Å². The molecule has 2 fully saturated rings. The summed E-state index contributed by atoms with van der Waals surface area (Å²) in [5.74, 6) is 0.0861. The van der Waals surface area contributed by atoms with Gasteiger partial charge in [0.15, 0.2) is 31.5 Å². The number of aromatic amines is 1. The van der Waals surface area contributed by atoms with Crippen LogP contribution < -0.4 is 26.0 Å². The van der Waals surface area contributed by atoms with E-state index in [1.807, 2.05) is 84.9 Å². The maximum Gasteiger partial charge on any atom is 0.333 e. The van der Waals surface area contributed by atoms with E-state index < -0.39 is 88.6 Å². The molecule has 23 nitrogen and oxygen atoms in total. The van der Waals surface area contributed by atoms with Gasteiger partial charge in [-0.25, -0.2) is 19.7 Å². The van der Waals surface area contributed by atoms with Crippen molar-refractivity contribution >= 4 is 51.6 Å². The zero-order valence-corrected chi connectivity index (χ0v) is 51.8. The van der Waals surface area contributed by atoms with Crippen molar-refractivity contribution in [3.63, 3.8) is 0 Å². The summed E-state index contributed by atoms with van der Waals surface area (Å²) in [6.45, 7) is 12.7. The molecule has 1 unspecified atom stereocenters. The first-order valence-electron chi connectivity index (χ1n) is 28.4. The second kappa shape index (κ2) is 27.9. The van der Waals surface area contributed by atoms with E-state index in [-0.39, 0.29) is 78.9 Å². The molecule has 0 spiro atoms. The van der Waals surface area contributed by atoms with Gasteiger partial charge in [0.05, 0.1) is 59.3 Å². The van der Waals surface area contributed by atoms with Gasteiger partial charge in [-0.1, -0.05) is 93.6 Å². The highest BCUT2D eigenvalue weighted by Gasteiger charge is 2.55. The van der Waals surface area contributed by atoms with Crippen LogP contribution in [-0.2, 0) is 52.1 Å². The predicted octanol–water partition coefficient (Wildman–Crippen LogP) is 9.38. The molecule has 7 aromatic rings. The number of nitrogens with zero attached hydrogens (tertiary/aromatic N) is 6. The second-order valence-corrected chi connectivity index (χ2v) is 28.4. The molecular weight excluding hydrogens is 1160 g/mol. The van der Waals surface area contributed by atoms with E-state index in [0.29, 0.717) is 17.1 Å². The summed E-state index contributed by atoms with van der Waals surface area (Å²) in [4.78, 5) is 80.7. The number of fused-ring (bicyclic) bond motifs is 1. The molecule has 0 bridgehead atoms. The van der Waals surface area contributed by atoms with E-state index in [1.165, 1.54) is 37.3 Å². The number of imidazole rings is 1. The molecule has 0 radical (unpaired) electrons. The summed E-state index contributed by atoms with van der Waals surface area (Å²) >= 11 is 0. The standard InChI is InChI=1S/C62H71N8O15PSi/c1-39-34-69(60(75)68-57(39)73)50-33-47(82-51(72)30-21-40(2)71)48(81-50)36-80-86(79-32-16-31-63)84-53-49(35-78-62(42-19-14-11-15-20-42,43-22-26-45(76-6)27-23-43)44-24-28-46(77-7)29-25-44)83-59(54(53)85-87(8,9)61(3,4)5)70-38-66-52-55(64-37-65-56(52)70)67-58(74)41-17-12-10-13-18-41/h10-15,17-20,22-29,34,37-38,47-50,53-54,59H,16,21,30,32-33,35-36H2,1-9H3,(H,68,73,75)(H,64,65,67,74)/t47-,48+,49+,50+,53+,54+,59+,86?/m0/s1. The monoisotopic (exact) mass is 1230 g/mol. The van der Waals surface area contributed by atoms with Crippen molar-refractivity contribution in [2.24, 2.45) is 0 Å². The number of H-pyrrole nitrogens is 1. The van der Waals surface area contributed by atoms with E-state index in [2.05, 4.69) is 55.2 Å². The number of carbonyl (C=O) groups excluding carboxylic acids is 3. The zero-order valence-electron chi connectivity index (χ0n) is 49.9. The Morgan fingerprint density at radius 3 is 2.07 bits per heavy atom. The smallest absolute Gasteiger partial charge is 0.333 e. The molecule has 458 valence electrons. The molecule has 87 heavy (non-hydrogen) atoms. The van der Waals surface area contributed by atoms with Gasteiger partial charge in [0.2, 0.25) is 0 Å². The fourth-order valence-electron chi connectivity index (χ4n) is 9.96. The molecule has 0 saturated carbocycles. The Bertz CT molecular complexity index is 3620. The lowest BCUT2D eigenvalue weighted by atomic mass is 9.80. The highest BCUT2D eigenvalue weighted by Crippen LogP contribution is 2.51. The minimum absolute atomic E-state index is 0.0368. The van der Waals surface area contributed by atoms with Crippen LogP contribution in [0.2, 0.25) is 18.1 Å². The Balaban J connectivity index is 1.15. The Hall–Kier alpha value is -7.82. The van der Waals surface area contributed by atoms with Gasteiger partial charge in [0.1, 0.15) is 66.0 Å². The molecule has 2 saturated heterocycles. The van der Waals surface area contributed by atoms with Gasteiger partial charge < -0.3 is 56.5 Å². The fraction of sp³-hybridized carbons (Fsp3) is 0.403. The third-order valence-corrected chi connectivity index (χ3v) is 21.3. The topological polar surface area (TPSA) is 278 Å². The molecule has 8 atom stereocenters. The van der Waals surface area contributed by atoms with Crippen molar-refractivity contribution in [1.82, 2.24) is 29.1 Å². The number of esters is 1. The first-order valence-corrected chi connectivity index (χ1v) is 32.4. The van der Waals surface area contributed by atoms with Crippen LogP contribution >= 0.6 is 8.60 Å². The van der Waals surface area contributed by atoms with Gasteiger partial charge >= 0.3 is 20.3 Å². The number of carbonyl (C=O) groups is 3. The Morgan fingerprint density at radius 1 is 0.805 bits per heavy atom. The first kappa shape index (κ1) is 63.7. The minimum Gasteiger partial charge on any atom is -0.497 e. The van der Waals surface area contributed by atoms with E-state index in [0.717, 1.165) is 16.7 Å². The van der Waals surface area contributed by atoms with E-state index in [9.17, 15) is 29.2 Å². The second-order valence-electron chi connectivity index (χ2n) is 22.5. The summed E-state index contributed by atoms with van der Waals surface area (Å²) in [6.07, 6.45) is -3.60. The number of methoxy groups -OCH3 is 2. The van der Waals surface area contributed by atoms with Crippen LogP contribution in [-0.4, -0.2) is 120 Å². The van der Waals surface area contributed by atoms with Crippen LogP contribution in [0.5, 0.6) is 11.5 Å². The van der Waals surface area contributed by atoms with Crippen molar-refractivity contribution in [3.05, 3.63) is 177 Å². The third kappa shape index (κ3) is 14.6. The lowest BCUT2D eigenvalue weighted by Gasteiger charge is -2.41. The molecule has 25 heteroatoms. The number of anilines is 1. The summed E-state index contributed by atoms with van der Waals surface area (Å²) in [5, 5.41) is 12.3. The summed E-state index contributed by atoms with van der Waals surface area (Å²) < 4.78 is 69.2. The van der Waals surface area contributed by atoms with Gasteiger partial charge in [0.25, 0.3) is 11.5 Å². The van der Waals surface area contributed by atoms with E-state index in [1.54, 1.807) is 43.1 Å². The molecule has 2 aliphatic heterocycles. The number of amides is 1. The van der Waals surface area contributed by atoms with Crippen molar-refractivity contribution in [1.29, 1.82) is 5.26 Å². The van der Waals surface area contributed by atoms with Crippen LogP contribution in [0.15, 0.2) is 138 Å². The van der Waals surface area contributed by atoms with Gasteiger partial charge in [0, 0.05) is 30.2 Å². The number of hydrogen-bond acceptors (Lipinski definition) is 19. The van der Waals surface area contributed by atoms with Crippen molar-refractivity contribution in [2.45, 2.75) is 127 Å². The lowest BCUT2D eigenvalue weighted by Crippen LogP contribution is -2.49. The molecule has 1 amide bonds. The maximum absolute atomic E-state index is 13.6. The fourth-order valence-corrected chi connectivity index (χ4v) is 12.4. The van der Waals surface area contributed by atoms with Crippen molar-refractivity contribution in [3.8, 4) is 17.6 Å². The number of ketones is 1. The van der Waals surface area contributed by atoms with Crippen molar-refractivity contribution < 1.29 is 60.8 Å². The molecule has 9 rings (SSSR count). The Morgan fingerprint density at radius 2 is 1.45 bits per heavy atom. The average molecular weight is 1230 g/mol. The van der Waals surface area contributed by atoms with Crippen LogP contribution in [0.1, 0.15) is 98.4 Å². The number of hydrogen-bond donors (Lipinski definition) is 2. The molecule has 4 aromatic carbocycles. The number of rotatable bonds is 26. The summed E-state index contributed by atoms with van der Waals surface area (Å²) in [6, 6.07) is 35.7. The number of benzene rings is 4. The van der Waals surface area contributed by atoms with Crippen LogP contribution in [0, 0.1) is 18.3 Å². The van der Waals surface area contributed by atoms with Gasteiger partial charge in [-0.15, -0.1) is 0 Å². The molecule has 2 N–H and O–H groups in total. The van der Waals surface area contributed by atoms with Crippen molar-refractivity contribution in [2.75, 3.05) is 39.4 Å². The quantitative estimate of drug-likeness (QED) is 0.0168. The minimum atomic E-state index is -2.89. The number of Topliss-reactive ketones (excluding diaryl/α,β-unsaturated/α-hetero) is 1. The number of aromatic nitrogens is 6. The number of nitriles is 1. The van der Waals surface area contributed by atoms with Gasteiger partial charge in [-0.05, 0) is 85.1 Å². The Kier molecular flexibility index (Phi) is 20.4. The van der Waals surface area contributed by atoms with E-state index >= 15 is 0 Å². The largest absolute Gasteiger partial charge is 0.497 e. The summed E-state index contributed by atoms with van der Waals surface area (Å²) in [7, 11) is -2.25. The Labute approximate surface area is 505 Å². The van der Waals surface area contributed by atoms with Gasteiger partial charge in [-0.2, -0.15) is 5.26 Å². The SMILES string of the molecule is COc1ccc(C(OC[C@H]2O[C@@H](n3cnc4c(NC(=O)c5ccccc5)ncnc43)[C@H](O[Si](C)(C)C(C)(C)C)[C@@H]2OP(OCCC#N)OC[C@H]2O[C@@H](n3cc(C)c(=O)[nH]c3=O)C[C@@H]2OC(=O)CCC(C)=O)(c2ccccc2)c2ccc(OC)cc2)cc1. The molecular formula is C62H71N8O15PSi. The molecule has 5 heterocycles. The third-order valence-electron chi connectivity index (χ3n) is 15.6. The van der Waals surface area contributed by atoms with Crippen LogP contribution in [0.4, 0.5) is 5.82 Å².